The molecule has 0 aliphatic rings. The van der Waals surface area contributed by atoms with E-state index in [1.165, 1.54) is 0 Å². The number of benzene rings is 1. The summed E-state index contributed by atoms with van der Waals surface area (Å²) >= 11 is 11.6. The lowest BCUT2D eigenvalue weighted by atomic mass is 10.2. The fraction of sp³-hybridized carbons (Fsp3) is 0.273. The first-order chi connectivity index (χ1) is 8.02. The van der Waals surface area contributed by atoms with Gasteiger partial charge in [0.25, 0.3) is 0 Å². The van der Waals surface area contributed by atoms with Gasteiger partial charge in [0.15, 0.2) is 0 Å². The number of aliphatic carboxylic acids is 1. The first-order valence-electron chi connectivity index (χ1n) is 5.05. The third-order valence-corrected chi connectivity index (χ3v) is 2.35. The van der Waals surface area contributed by atoms with Crippen molar-refractivity contribution in [2.45, 2.75) is 19.8 Å². The van der Waals surface area contributed by atoms with E-state index in [0.717, 1.165) is 0 Å². The number of hydrogen-bond donors (Lipinski definition) is 2. The molecule has 0 unspecified atom stereocenters. The number of carbonyl (C=O) groups is 1. The van der Waals surface area contributed by atoms with E-state index >= 15 is 0 Å². The van der Waals surface area contributed by atoms with Crippen LogP contribution in [0.1, 0.15) is 19.8 Å². The van der Waals surface area contributed by atoms with Crippen molar-refractivity contribution < 1.29 is 9.90 Å². The third-order valence-electron chi connectivity index (χ3n) is 1.92. The highest BCUT2D eigenvalue weighted by Gasteiger charge is 2.07. The van der Waals surface area contributed by atoms with Crippen LogP contribution in [0.2, 0.25) is 10.0 Å². The molecule has 0 amide bonds. The van der Waals surface area contributed by atoms with Gasteiger partial charge in [0.05, 0.1) is 5.69 Å². The maximum atomic E-state index is 10.8. The molecule has 0 saturated heterocycles. The topological polar surface area (TPSA) is 61.7 Å². The van der Waals surface area contributed by atoms with Crippen molar-refractivity contribution in [3.8, 4) is 0 Å². The lowest BCUT2D eigenvalue weighted by Gasteiger charge is -2.04. The van der Waals surface area contributed by atoms with Gasteiger partial charge < -0.3 is 5.11 Å². The molecule has 1 rings (SSSR count). The number of halogens is 2. The SMILES string of the molecule is CCCC(=NNc1cc(Cl)cc(Cl)c1)C(=O)O. The molecule has 92 valence electrons. The van der Waals surface area contributed by atoms with Gasteiger partial charge in [-0.15, -0.1) is 0 Å². The van der Waals surface area contributed by atoms with Gasteiger partial charge in [-0.3, -0.25) is 5.43 Å². The summed E-state index contributed by atoms with van der Waals surface area (Å²) in [6.07, 6.45) is 1.11. The van der Waals surface area contributed by atoms with E-state index in [2.05, 4.69) is 10.5 Å². The summed E-state index contributed by atoms with van der Waals surface area (Å²) in [5.41, 5.74) is 3.26. The summed E-state index contributed by atoms with van der Waals surface area (Å²) in [6.45, 7) is 1.88. The van der Waals surface area contributed by atoms with Gasteiger partial charge in [0.1, 0.15) is 5.71 Å². The summed E-state index contributed by atoms with van der Waals surface area (Å²) < 4.78 is 0. The largest absolute Gasteiger partial charge is 0.477 e. The molecule has 0 heterocycles. The van der Waals surface area contributed by atoms with Gasteiger partial charge in [0, 0.05) is 10.0 Å². The second-order valence-electron chi connectivity index (χ2n) is 3.38. The maximum Gasteiger partial charge on any atom is 0.352 e. The molecule has 1 aromatic rings. The molecule has 17 heavy (non-hydrogen) atoms. The second kappa shape index (κ2) is 6.47. The van der Waals surface area contributed by atoms with Gasteiger partial charge in [-0.1, -0.05) is 36.5 Å². The van der Waals surface area contributed by atoms with Crippen molar-refractivity contribution in [1.82, 2.24) is 0 Å². The van der Waals surface area contributed by atoms with Crippen molar-refractivity contribution in [2.24, 2.45) is 5.10 Å². The minimum absolute atomic E-state index is 0.0728. The monoisotopic (exact) mass is 274 g/mol. The average molecular weight is 275 g/mol. The van der Waals surface area contributed by atoms with Crippen molar-refractivity contribution in [3.63, 3.8) is 0 Å². The molecule has 6 heteroatoms. The number of carboxylic acid groups (broad SMARTS) is 1. The Hall–Kier alpha value is -1.26. The third kappa shape index (κ3) is 4.63. The van der Waals surface area contributed by atoms with Crippen LogP contribution in [0, 0.1) is 0 Å². The van der Waals surface area contributed by atoms with Crippen LogP contribution >= 0.6 is 23.2 Å². The number of carboxylic acids is 1. The fourth-order valence-electron chi connectivity index (χ4n) is 1.20. The highest BCUT2D eigenvalue weighted by molar-refractivity contribution is 6.36. The Morgan fingerprint density at radius 1 is 1.35 bits per heavy atom. The molecule has 0 bridgehead atoms. The number of rotatable bonds is 5. The predicted octanol–water partition coefficient (Wildman–Crippen LogP) is 3.65. The summed E-state index contributed by atoms with van der Waals surface area (Å²) in [5.74, 6) is -1.03. The second-order valence-corrected chi connectivity index (χ2v) is 4.26. The molecule has 0 spiro atoms. The minimum atomic E-state index is -1.03. The van der Waals surface area contributed by atoms with E-state index in [4.69, 9.17) is 28.3 Å². The van der Waals surface area contributed by atoms with Crippen LogP contribution in [0.4, 0.5) is 5.69 Å². The van der Waals surface area contributed by atoms with Crippen LogP contribution < -0.4 is 5.43 Å². The number of hydrogen-bond acceptors (Lipinski definition) is 3. The first kappa shape index (κ1) is 13.8. The summed E-state index contributed by atoms with van der Waals surface area (Å²) in [5, 5.41) is 13.6. The summed E-state index contributed by atoms with van der Waals surface area (Å²) in [7, 11) is 0. The molecule has 4 nitrogen and oxygen atoms in total. The van der Waals surface area contributed by atoms with Gasteiger partial charge in [0.2, 0.25) is 0 Å². The fourth-order valence-corrected chi connectivity index (χ4v) is 1.72. The molecular weight excluding hydrogens is 263 g/mol. The van der Waals surface area contributed by atoms with Crippen LogP contribution in [-0.2, 0) is 4.79 Å². The van der Waals surface area contributed by atoms with Crippen LogP contribution in [0.25, 0.3) is 0 Å². The van der Waals surface area contributed by atoms with E-state index < -0.39 is 5.97 Å². The molecule has 0 aromatic heterocycles. The zero-order valence-corrected chi connectivity index (χ0v) is 10.7. The number of nitrogens with one attached hydrogen (secondary N) is 1. The highest BCUT2D eigenvalue weighted by Crippen LogP contribution is 2.22. The first-order valence-corrected chi connectivity index (χ1v) is 5.80. The van der Waals surface area contributed by atoms with Crippen LogP contribution in [0.3, 0.4) is 0 Å². The number of nitrogens with zero attached hydrogens (tertiary/aromatic N) is 1. The minimum Gasteiger partial charge on any atom is -0.477 e. The van der Waals surface area contributed by atoms with E-state index in [9.17, 15) is 4.79 Å². The van der Waals surface area contributed by atoms with Gasteiger partial charge in [-0.2, -0.15) is 5.10 Å². The molecule has 0 saturated carbocycles. The van der Waals surface area contributed by atoms with Gasteiger partial charge in [-0.05, 0) is 24.6 Å². The summed E-state index contributed by atoms with van der Waals surface area (Å²) in [4.78, 5) is 10.8. The van der Waals surface area contributed by atoms with Gasteiger partial charge in [-0.25, -0.2) is 4.79 Å². The Balaban J connectivity index is 2.82. The molecular formula is C11H12Cl2N2O2. The zero-order valence-electron chi connectivity index (χ0n) is 9.20. The Morgan fingerprint density at radius 2 is 1.94 bits per heavy atom. The zero-order chi connectivity index (χ0) is 12.8. The smallest absolute Gasteiger partial charge is 0.352 e. The van der Waals surface area contributed by atoms with Crippen molar-refractivity contribution >= 4 is 40.6 Å². The number of hydrazone groups is 1. The molecule has 2 N–H and O–H groups in total. The lowest BCUT2D eigenvalue weighted by Crippen LogP contribution is -2.14. The average Bonchev–Trinajstić information content (AvgIpc) is 2.22. The maximum absolute atomic E-state index is 10.8. The molecule has 0 radical (unpaired) electrons. The van der Waals surface area contributed by atoms with E-state index in [1.807, 2.05) is 6.92 Å². The Morgan fingerprint density at radius 3 is 2.41 bits per heavy atom. The quantitative estimate of drug-likeness (QED) is 0.637. The lowest BCUT2D eigenvalue weighted by molar-refractivity contribution is -0.129. The van der Waals surface area contributed by atoms with Crippen molar-refractivity contribution in [1.29, 1.82) is 0 Å². The molecule has 0 aliphatic heterocycles. The van der Waals surface area contributed by atoms with Crippen LogP contribution in [0.5, 0.6) is 0 Å². The van der Waals surface area contributed by atoms with E-state index in [1.54, 1.807) is 18.2 Å². The number of anilines is 1. The molecule has 0 fully saturated rings. The van der Waals surface area contributed by atoms with Crippen LogP contribution in [-0.4, -0.2) is 16.8 Å². The van der Waals surface area contributed by atoms with Crippen molar-refractivity contribution in [2.75, 3.05) is 5.43 Å². The molecule has 1 aromatic carbocycles. The van der Waals surface area contributed by atoms with Crippen molar-refractivity contribution in [3.05, 3.63) is 28.2 Å². The Labute approximate surface area is 109 Å². The predicted molar refractivity (Wildman–Crippen MR) is 70.1 cm³/mol. The van der Waals surface area contributed by atoms with E-state index in [0.29, 0.717) is 28.6 Å². The van der Waals surface area contributed by atoms with Crippen LogP contribution in [0.15, 0.2) is 23.3 Å². The van der Waals surface area contributed by atoms with E-state index in [-0.39, 0.29) is 5.71 Å². The highest BCUT2D eigenvalue weighted by atomic mass is 35.5. The summed E-state index contributed by atoms with van der Waals surface area (Å²) in [6, 6.07) is 4.81. The normalized spacial score (nSPS) is 11.4. The molecule has 0 atom stereocenters. The van der Waals surface area contributed by atoms with Gasteiger partial charge >= 0.3 is 5.97 Å². The standard InChI is InChI=1S/C11H12Cl2N2O2/c1-2-3-10(11(16)17)15-14-9-5-7(12)4-8(13)6-9/h4-6,14H,2-3H2,1H3,(H,16,17). The Bertz CT molecular complexity index is 427. The molecule has 0 aliphatic carbocycles. The Kier molecular flexibility index (Phi) is 5.25.